The summed E-state index contributed by atoms with van der Waals surface area (Å²) in [6.45, 7) is 28.8. The molecule has 16 heteroatoms. The van der Waals surface area contributed by atoms with Gasteiger partial charge in [0.25, 0.3) is 11.8 Å². The van der Waals surface area contributed by atoms with Crippen molar-refractivity contribution >= 4 is 17.5 Å². The SMILES string of the molecule is [C-]#[N+]c1cc(-c2nc(-c3cccc4c3CCC[C@H]4N(CCO)C(=O)OC(C)(C)C)no2)ccc1OC(C)C.[C-]#[N+]c1cc(-c2nc(-c3cccc4c3CCC[C@H]4NCCO)no2)ccc1OC(C)C. The molecule has 2 aromatic heterocycles. The van der Waals surface area contributed by atoms with Gasteiger partial charge in [-0.1, -0.05) is 46.7 Å². The molecule has 0 saturated carbocycles. The van der Waals surface area contributed by atoms with Gasteiger partial charge in [0.15, 0.2) is 0 Å². The lowest BCUT2D eigenvalue weighted by atomic mass is 9.84. The number of aliphatic hydroxyl groups excluding tert-OH is 2. The van der Waals surface area contributed by atoms with E-state index >= 15 is 0 Å². The van der Waals surface area contributed by atoms with Crippen LogP contribution in [0.3, 0.4) is 0 Å². The van der Waals surface area contributed by atoms with Crippen LogP contribution in [0.25, 0.3) is 55.4 Å². The summed E-state index contributed by atoms with van der Waals surface area (Å²) in [6.07, 6.45) is 4.97. The average molecular weight is 937 g/mol. The molecule has 0 bridgehead atoms. The molecule has 16 nitrogen and oxygen atoms in total. The third-order valence-corrected chi connectivity index (χ3v) is 11.5. The molecule has 0 unspecified atom stereocenters. The van der Waals surface area contributed by atoms with Gasteiger partial charge < -0.3 is 38.8 Å². The third-order valence-electron chi connectivity index (χ3n) is 11.5. The zero-order valence-corrected chi connectivity index (χ0v) is 40.3. The summed E-state index contributed by atoms with van der Waals surface area (Å²) < 4.78 is 28.2. The normalized spacial score (nSPS) is 15.3. The Bertz CT molecular complexity index is 2810. The first-order valence-electron chi connectivity index (χ1n) is 23.4. The lowest BCUT2D eigenvalue weighted by molar-refractivity contribution is 0.0101. The van der Waals surface area contributed by atoms with Crippen LogP contribution in [0.2, 0.25) is 0 Å². The van der Waals surface area contributed by atoms with E-state index in [4.69, 9.17) is 41.5 Å². The molecule has 0 radical (unpaired) electrons. The lowest BCUT2D eigenvalue weighted by Gasteiger charge is -2.37. The monoisotopic (exact) mass is 936 g/mol. The number of fused-ring (bicyclic) bond motifs is 2. The fourth-order valence-corrected chi connectivity index (χ4v) is 8.75. The van der Waals surface area contributed by atoms with E-state index in [0.717, 1.165) is 60.8 Å². The number of aromatic nitrogens is 4. The molecular weight excluding hydrogens is 877 g/mol. The van der Waals surface area contributed by atoms with E-state index < -0.39 is 11.7 Å². The Labute approximate surface area is 403 Å². The second-order valence-corrected chi connectivity index (χ2v) is 18.4. The molecule has 0 fully saturated rings. The van der Waals surface area contributed by atoms with Crippen LogP contribution in [0.4, 0.5) is 16.2 Å². The number of amides is 1. The van der Waals surface area contributed by atoms with Gasteiger partial charge in [-0.2, -0.15) is 9.97 Å². The highest BCUT2D eigenvalue weighted by atomic mass is 16.6. The van der Waals surface area contributed by atoms with Crippen molar-refractivity contribution in [2.45, 2.75) is 117 Å². The van der Waals surface area contributed by atoms with Crippen LogP contribution in [-0.2, 0) is 17.6 Å². The molecule has 8 rings (SSSR count). The molecule has 2 aliphatic carbocycles. The summed E-state index contributed by atoms with van der Waals surface area (Å²) in [6, 6.07) is 22.6. The predicted octanol–water partition coefficient (Wildman–Crippen LogP) is 11.0. The first-order chi connectivity index (χ1) is 33.2. The number of nitrogens with zero attached hydrogens (tertiary/aromatic N) is 7. The third kappa shape index (κ3) is 12.0. The Morgan fingerprint density at radius 1 is 0.768 bits per heavy atom. The predicted molar refractivity (Wildman–Crippen MR) is 261 cm³/mol. The highest BCUT2D eigenvalue weighted by molar-refractivity contribution is 5.73. The Balaban J connectivity index is 0.000000208. The largest absolute Gasteiger partial charge is 0.502 e. The summed E-state index contributed by atoms with van der Waals surface area (Å²) in [5, 5.41) is 30.8. The van der Waals surface area contributed by atoms with E-state index in [2.05, 4.69) is 41.4 Å². The fraction of sp³-hybridized carbons (Fsp3) is 0.415. The maximum atomic E-state index is 13.0. The van der Waals surface area contributed by atoms with Crippen LogP contribution in [-0.4, -0.2) is 85.6 Å². The van der Waals surface area contributed by atoms with E-state index in [1.165, 1.54) is 11.1 Å². The van der Waals surface area contributed by atoms with Gasteiger partial charge in [0.1, 0.15) is 17.1 Å². The van der Waals surface area contributed by atoms with Gasteiger partial charge in [0.05, 0.1) is 44.6 Å². The van der Waals surface area contributed by atoms with Crippen LogP contribution < -0.4 is 14.8 Å². The Morgan fingerprint density at radius 3 is 1.78 bits per heavy atom. The van der Waals surface area contributed by atoms with E-state index in [-0.39, 0.29) is 44.1 Å². The number of rotatable bonds is 14. The number of carbonyl (C=O) groups excluding carboxylic acids is 1. The van der Waals surface area contributed by atoms with E-state index in [9.17, 15) is 9.90 Å². The first-order valence-corrected chi connectivity index (χ1v) is 23.4. The number of ether oxygens (including phenoxy) is 3. The Hall–Kier alpha value is -7.11. The number of benzene rings is 4. The molecule has 0 spiro atoms. The highest BCUT2D eigenvalue weighted by Crippen LogP contribution is 2.41. The molecule has 2 aliphatic rings. The second kappa shape index (κ2) is 22.3. The van der Waals surface area contributed by atoms with Crippen molar-refractivity contribution in [3.8, 4) is 57.2 Å². The van der Waals surface area contributed by atoms with Gasteiger partial charge in [-0.25, -0.2) is 14.5 Å². The van der Waals surface area contributed by atoms with Crippen LogP contribution in [0, 0.1) is 13.1 Å². The van der Waals surface area contributed by atoms with Gasteiger partial charge in [0, 0.05) is 41.4 Å². The smallest absolute Gasteiger partial charge is 0.410 e. The molecule has 0 aliphatic heterocycles. The molecule has 1 amide bonds. The van der Waals surface area contributed by atoms with Gasteiger partial charge in [-0.15, -0.1) is 0 Å². The van der Waals surface area contributed by atoms with E-state index in [1.54, 1.807) is 35.2 Å². The van der Waals surface area contributed by atoms with Crippen LogP contribution in [0.5, 0.6) is 11.5 Å². The van der Waals surface area contributed by atoms with Gasteiger partial charge in [0.2, 0.25) is 23.0 Å². The number of hydrogen-bond donors (Lipinski definition) is 3. The minimum absolute atomic E-state index is 0.0127. The number of aliphatic hydroxyl groups is 2. The highest BCUT2D eigenvalue weighted by Gasteiger charge is 2.34. The van der Waals surface area contributed by atoms with Crippen molar-refractivity contribution in [1.82, 2.24) is 30.5 Å². The molecule has 3 N–H and O–H groups in total. The molecular formula is C53H60N8O8. The zero-order valence-electron chi connectivity index (χ0n) is 40.3. The van der Waals surface area contributed by atoms with Gasteiger partial charge in [-0.05, 0) is 146 Å². The van der Waals surface area contributed by atoms with Crippen molar-refractivity contribution < 1.29 is 38.3 Å². The van der Waals surface area contributed by atoms with E-state index in [1.807, 2.05) is 84.9 Å². The second-order valence-electron chi connectivity index (χ2n) is 18.4. The molecule has 0 saturated heterocycles. The summed E-state index contributed by atoms with van der Waals surface area (Å²) in [4.78, 5) is 31.1. The Morgan fingerprint density at radius 2 is 1.29 bits per heavy atom. The minimum atomic E-state index is -0.641. The molecule has 360 valence electrons. The summed E-state index contributed by atoms with van der Waals surface area (Å²) >= 11 is 0. The van der Waals surface area contributed by atoms with Crippen LogP contribution in [0.1, 0.15) is 108 Å². The zero-order chi connectivity index (χ0) is 49.2. The molecule has 4 aromatic carbocycles. The summed E-state index contributed by atoms with van der Waals surface area (Å²) in [5.41, 5.74) is 7.76. The first kappa shape index (κ1) is 49.8. The quantitative estimate of drug-likeness (QED) is 0.0877. The van der Waals surface area contributed by atoms with Gasteiger partial charge in [-0.3, -0.25) is 4.90 Å². The maximum Gasteiger partial charge on any atom is 0.410 e. The fourth-order valence-electron chi connectivity index (χ4n) is 8.75. The van der Waals surface area contributed by atoms with Gasteiger partial charge >= 0.3 is 6.09 Å². The standard InChI is InChI=1S/C29H34N4O5.C24H26N4O3/c1-18(2)36-25-14-13-19(17-23(25)30-6)27-31-26(32-38-27)22-11-7-10-21-20(22)9-8-12-24(21)33(15-16-34)28(35)37-29(3,4)5;1-15(2)30-22-11-10-16(14-21(22)25-3)24-27-23(28-31-24)19-8-4-7-18-17(19)6-5-9-20(18)26-12-13-29/h7,10-11,13-14,17-18,24,34H,8-9,12,15-16H2,1-5H3;4,7-8,10-11,14-15,20,26,29H,5-6,9,12-13H2,1-2H3/t24-;20-/m11/s1. The minimum Gasteiger partial charge on any atom is -0.502 e. The van der Waals surface area contributed by atoms with Crippen molar-refractivity contribution in [2.75, 3.05) is 26.3 Å². The number of carbonyl (C=O) groups is 1. The lowest BCUT2D eigenvalue weighted by Crippen LogP contribution is -2.42. The molecule has 2 atom stereocenters. The van der Waals surface area contributed by atoms with Crippen molar-refractivity contribution in [2.24, 2.45) is 0 Å². The topological polar surface area (TPSA) is 187 Å². The van der Waals surface area contributed by atoms with Crippen LogP contribution >= 0.6 is 0 Å². The number of nitrogens with one attached hydrogen (secondary N) is 1. The summed E-state index contributed by atoms with van der Waals surface area (Å²) in [5.74, 6) is 2.73. The molecule has 6 aromatic rings. The molecule has 2 heterocycles. The van der Waals surface area contributed by atoms with Crippen molar-refractivity contribution in [3.05, 3.63) is 118 Å². The van der Waals surface area contributed by atoms with Crippen molar-refractivity contribution in [3.63, 3.8) is 0 Å². The van der Waals surface area contributed by atoms with Crippen LogP contribution in [0.15, 0.2) is 81.8 Å². The Kier molecular flexibility index (Phi) is 16.1. The maximum absolute atomic E-state index is 13.0. The summed E-state index contributed by atoms with van der Waals surface area (Å²) in [7, 11) is 0. The number of hydrogen-bond acceptors (Lipinski definition) is 13. The van der Waals surface area contributed by atoms with E-state index in [0.29, 0.717) is 64.0 Å². The molecule has 69 heavy (non-hydrogen) atoms. The average Bonchev–Trinajstić information content (AvgIpc) is 4.03. The van der Waals surface area contributed by atoms with Crippen molar-refractivity contribution in [1.29, 1.82) is 0 Å².